The first kappa shape index (κ1) is 19.8. The first-order chi connectivity index (χ1) is 14.8. The van der Waals surface area contributed by atoms with Gasteiger partial charge in [0.2, 0.25) is 5.79 Å². The van der Waals surface area contributed by atoms with E-state index >= 15 is 0 Å². The van der Waals surface area contributed by atoms with Crippen molar-refractivity contribution in [2.24, 2.45) is 34.5 Å². The van der Waals surface area contributed by atoms with E-state index in [0.29, 0.717) is 24.8 Å². The summed E-state index contributed by atoms with van der Waals surface area (Å²) in [5.41, 5.74) is -6.60. The lowest BCUT2D eigenvalue weighted by Crippen LogP contribution is -2.69. The van der Waals surface area contributed by atoms with Crippen LogP contribution >= 0.6 is 11.8 Å². The van der Waals surface area contributed by atoms with Gasteiger partial charge in [-0.25, -0.2) is 4.79 Å². The predicted molar refractivity (Wildman–Crippen MR) is 106 cm³/mol. The van der Waals surface area contributed by atoms with E-state index in [2.05, 4.69) is 6.58 Å². The molecule has 9 nitrogen and oxygen atoms in total. The van der Waals surface area contributed by atoms with Crippen molar-refractivity contribution in [1.82, 2.24) is 0 Å². The SMILES string of the molecule is C=C1C[C@]23C[C@@]1(O)CC[C@H]2[C@@]12OC(=O)[C@@](C)([C@H]1[C@@H]3C(=O)O)[C@@]1(O)OC(=O)[C@@]3(O)CS[C@H]2[C@@H]13. The Morgan fingerprint density at radius 2 is 1.88 bits per heavy atom. The largest absolute Gasteiger partial charge is 0.481 e. The Labute approximate surface area is 187 Å². The van der Waals surface area contributed by atoms with E-state index < -0.39 is 80.2 Å². The van der Waals surface area contributed by atoms with E-state index in [1.807, 2.05) is 0 Å². The van der Waals surface area contributed by atoms with Crippen LogP contribution < -0.4 is 0 Å². The van der Waals surface area contributed by atoms with Crippen molar-refractivity contribution < 1.29 is 44.3 Å². The van der Waals surface area contributed by atoms with Crippen molar-refractivity contribution in [3.63, 3.8) is 0 Å². The summed E-state index contributed by atoms with van der Waals surface area (Å²) in [7, 11) is 0. The lowest BCUT2D eigenvalue weighted by Gasteiger charge is -2.53. The molecule has 7 rings (SSSR count). The number of aliphatic carboxylic acids is 1. The molecular formula is C22H24O9S. The maximum atomic E-state index is 13.5. The highest BCUT2D eigenvalue weighted by molar-refractivity contribution is 8.00. The second kappa shape index (κ2) is 4.92. The van der Waals surface area contributed by atoms with Crippen molar-refractivity contribution in [3.8, 4) is 0 Å². The summed E-state index contributed by atoms with van der Waals surface area (Å²) in [6.45, 7) is 5.47. The van der Waals surface area contributed by atoms with Crippen LogP contribution in [-0.4, -0.2) is 71.9 Å². The molecule has 172 valence electrons. The number of thioether (sulfide) groups is 1. The fourth-order valence-corrected chi connectivity index (χ4v) is 11.3. The van der Waals surface area contributed by atoms with Crippen molar-refractivity contribution in [2.75, 3.05) is 5.75 Å². The van der Waals surface area contributed by atoms with Gasteiger partial charge >= 0.3 is 17.9 Å². The number of rotatable bonds is 1. The molecule has 10 heteroatoms. The quantitative estimate of drug-likeness (QED) is 0.304. The molecule has 0 aromatic heterocycles. The first-order valence-corrected chi connectivity index (χ1v) is 12.0. The van der Waals surface area contributed by atoms with Gasteiger partial charge in [-0.1, -0.05) is 6.58 Å². The molecule has 0 aromatic rings. The van der Waals surface area contributed by atoms with E-state index in [-0.39, 0.29) is 12.2 Å². The van der Waals surface area contributed by atoms with Crippen LogP contribution in [-0.2, 0) is 23.9 Å². The minimum Gasteiger partial charge on any atom is -0.481 e. The number of hydrogen-bond donors (Lipinski definition) is 4. The number of aliphatic hydroxyl groups is 3. The fraction of sp³-hybridized carbons (Fsp3) is 0.773. The Morgan fingerprint density at radius 3 is 2.56 bits per heavy atom. The molecule has 1 spiro atoms. The molecule has 0 amide bonds. The molecular weight excluding hydrogens is 440 g/mol. The molecule has 7 fully saturated rings. The van der Waals surface area contributed by atoms with Crippen LogP contribution in [0.2, 0.25) is 0 Å². The van der Waals surface area contributed by atoms with E-state index in [4.69, 9.17) is 9.47 Å². The zero-order valence-electron chi connectivity index (χ0n) is 17.4. The highest BCUT2D eigenvalue weighted by atomic mass is 32.2. The Morgan fingerprint density at radius 1 is 1.16 bits per heavy atom. The minimum atomic E-state index is -2.38. The van der Waals surface area contributed by atoms with Crippen LogP contribution in [0.1, 0.15) is 32.6 Å². The lowest BCUT2D eigenvalue weighted by molar-refractivity contribution is -0.281. The fourth-order valence-electron chi connectivity index (χ4n) is 9.38. The van der Waals surface area contributed by atoms with Crippen molar-refractivity contribution in [1.29, 1.82) is 0 Å². The molecule has 11 atom stereocenters. The van der Waals surface area contributed by atoms with Crippen LogP contribution in [0.5, 0.6) is 0 Å². The highest BCUT2D eigenvalue weighted by Crippen LogP contribution is 2.83. The Bertz CT molecular complexity index is 1080. The van der Waals surface area contributed by atoms with Gasteiger partial charge in [0.1, 0.15) is 11.0 Å². The smallest absolute Gasteiger partial charge is 0.342 e. The first-order valence-electron chi connectivity index (χ1n) is 11.0. The van der Waals surface area contributed by atoms with Gasteiger partial charge in [-0.15, -0.1) is 0 Å². The summed E-state index contributed by atoms with van der Waals surface area (Å²) in [6.07, 6.45) is 1.30. The Hall–Kier alpha value is -1.62. The standard InChI is InChI=1S/C22H24O9S/c1-8-5-18-6-19(8,27)4-3-9(18)21-11(10(18)14(23)24)17(2,15(25)30-21)22(29)12-13(21)32-7-20(12,28)16(26)31-22/h9-13,27-29H,1,3-7H2,2H3,(H,23,24)/t9-,10-,11-,12-,13+,17-,18+,19+,20-,21-,22+/m1/s1. The number of esters is 2. The summed E-state index contributed by atoms with van der Waals surface area (Å²) >= 11 is 1.24. The van der Waals surface area contributed by atoms with Crippen LogP contribution in [0.3, 0.4) is 0 Å². The summed E-state index contributed by atoms with van der Waals surface area (Å²) in [5, 5.41) is 44.1. The van der Waals surface area contributed by atoms with Crippen molar-refractivity contribution >= 4 is 29.7 Å². The number of hydrogen-bond acceptors (Lipinski definition) is 9. The molecule has 4 bridgehead atoms. The second-order valence-electron chi connectivity index (χ2n) is 11.3. The van der Waals surface area contributed by atoms with E-state index in [9.17, 15) is 34.8 Å². The summed E-state index contributed by atoms with van der Waals surface area (Å²) in [5.74, 6) is -8.94. The highest BCUT2D eigenvalue weighted by Gasteiger charge is 2.95. The number of carbonyl (C=O) groups excluding carboxylic acids is 2. The zero-order valence-corrected chi connectivity index (χ0v) is 18.2. The molecule has 7 aliphatic rings. The molecule has 0 aromatic carbocycles. The van der Waals surface area contributed by atoms with E-state index in [1.54, 1.807) is 0 Å². The minimum absolute atomic E-state index is 0.0281. The summed E-state index contributed by atoms with van der Waals surface area (Å²) < 4.78 is 11.6. The second-order valence-corrected chi connectivity index (χ2v) is 12.4. The van der Waals surface area contributed by atoms with Crippen LogP contribution in [0.15, 0.2) is 12.2 Å². The van der Waals surface area contributed by atoms with E-state index in [1.165, 1.54) is 18.7 Å². The third-order valence-electron chi connectivity index (χ3n) is 10.4. The van der Waals surface area contributed by atoms with Gasteiger partial charge in [-0.2, -0.15) is 11.8 Å². The molecule has 32 heavy (non-hydrogen) atoms. The number of ether oxygens (including phenoxy) is 2. The van der Waals surface area contributed by atoms with Gasteiger partial charge in [0, 0.05) is 17.6 Å². The third kappa shape index (κ3) is 1.52. The predicted octanol–water partition coefficient (Wildman–Crippen LogP) is -0.182. The summed E-state index contributed by atoms with van der Waals surface area (Å²) in [4.78, 5) is 39.1. The van der Waals surface area contributed by atoms with Gasteiger partial charge in [-0.05, 0) is 43.6 Å². The Kier molecular flexibility index (Phi) is 3.04. The van der Waals surface area contributed by atoms with Crippen molar-refractivity contribution in [2.45, 2.75) is 60.4 Å². The van der Waals surface area contributed by atoms with Gasteiger partial charge < -0.3 is 29.9 Å². The monoisotopic (exact) mass is 464 g/mol. The topological polar surface area (TPSA) is 151 Å². The molecule has 4 N–H and O–H groups in total. The molecule has 3 aliphatic heterocycles. The van der Waals surface area contributed by atoms with Crippen LogP contribution in [0.4, 0.5) is 0 Å². The maximum absolute atomic E-state index is 13.5. The number of fused-ring (bicyclic) bond motifs is 2. The van der Waals surface area contributed by atoms with Gasteiger partial charge in [-0.3, -0.25) is 9.59 Å². The number of carbonyl (C=O) groups is 3. The van der Waals surface area contributed by atoms with Crippen molar-refractivity contribution in [3.05, 3.63) is 12.2 Å². The van der Waals surface area contributed by atoms with Crippen LogP contribution in [0.25, 0.3) is 0 Å². The normalized spacial score (nSPS) is 63.0. The molecule has 3 heterocycles. The van der Waals surface area contributed by atoms with Gasteiger partial charge in [0.05, 0.1) is 22.7 Å². The van der Waals surface area contributed by atoms with Crippen LogP contribution in [0, 0.1) is 34.5 Å². The van der Waals surface area contributed by atoms with Gasteiger partial charge in [0.15, 0.2) is 5.60 Å². The lowest BCUT2D eigenvalue weighted by atomic mass is 9.52. The third-order valence-corrected chi connectivity index (χ3v) is 12.0. The number of carboxylic acids is 1. The van der Waals surface area contributed by atoms with Gasteiger partial charge in [0.25, 0.3) is 0 Å². The average molecular weight is 464 g/mol. The Balaban J connectivity index is 1.55. The van der Waals surface area contributed by atoms with E-state index in [0.717, 1.165) is 0 Å². The zero-order chi connectivity index (χ0) is 22.9. The molecule has 0 radical (unpaired) electrons. The molecule has 0 unspecified atom stereocenters. The molecule has 4 aliphatic carbocycles. The average Bonchev–Trinajstić information content (AvgIpc) is 3.35. The summed E-state index contributed by atoms with van der Waals surface area (Å²) in [6, 6.07) is 0. The molecule has 4 saturated carbocycles. The molecule has 3 saturated heterocycles. The maximum Gasteiger partial charge on any atom is 0.342 e. The number of carboxylic acid groups (broad SMARTS) is 1.